The van der Waals surface area contributed by atoms with E-state index in [9.17, 15) is 4.39 Å². The molecule has 1 aliphatic carbocycles. The van der Waals surface area contributed by atoms with Crippen LogP contribution in [0.25, 0.3) is 0 Å². The van der Waals surface area contributed by atoms with E-state index in [1.807, 2.05) is 7.05 Å². The molecule has 0 saturated heterocycles. The molecule has 0 heterocycles. The van der Waals surface area contributed by atoms with E-state index in [0.717, 1.165) is 18.4 Å². The normalized spacial score (nSPS) is 14.8. The Morgan fingerprint density at radius 1 is 1.14 bits per heavy atom. The summed E-state index contributed by atoms with van der Waals surface area (Å²) in [7, 11) is 3.43. The highest BCUT2D eigenvalue weighted by molar-refractivity contribution is 5.45. The lowest BCUT2D eigenvalue weighted by Gasteiger charge is -2.21. The van der Waals surface area contributed by atoms with Gasteiger partial charge in [-0.05, 0) is 55.1 Å². The van der Waals surface area contributed by atoms with Gasteiger partial charge < -0.3 is 10.1 Å². The maximum Gasteiger partial charge on any atom is 0.132 e. The van der Waals surface area contributed by atoms with Crippen LogP contribution < -0.4 is 10.1 Å². The lowest BCUT2D eigenvalue weighted by molar-refractivity contribution is 0.398. The standard InChI is InChI=1S/C18H20FNO/c1-20-18(17-15(19)7-4-8-16(17)21-2)14-10-9-12-5-3-6-13(12)11-14/h4,7-11,18,20H,3,5-6H2,1-2H3. The maximum absolute atomic E-state index is 14.3. The molecule has 0 aromatic heterocycles. The Morgan fingerprint density at radius 2 is 1.95 bits per heavy atom. The summed E-state index contributed by atoms with van der Waals surface area (Å²) >= 11 is 0. The number of hydrogen-bond donors (Lipinski definition) is 1. The molecule has 3 heteroatoms. The Labute approximate surface area is 125 Å². The van der Waals surface area contributed by atoms with Crippen molar-refractivity contribution in [2.24, 2.45) is 0 Å². The molecule has 1 unspecified atom stereocenters. The molecule has 0 fully saturated rings. The van der Waals surface area contributed by atoms with Crippen LogP contribution in [0, 0.1) is 5.82 Å². The third kappa shape index (κ3) is 2.54. The molecule has 1 N–H and O–H groups in total. The van der Waals surface area contributed by atoms with E-state index in [-0.39, 0.29) is 11.9 Å². The smallest absolute Gasteiger partial charge is 0.132 e. The second-order valence-corrected chi connectivity index (χ2v) is 5.46. The van der Waals surface area contributed by atoms with E-state index < -0.39 is 0 Å². The van der Waals surface area contributed by atoms with Crippen molar-refractivity contribution in [2.45, 2.75) is 25.3 Å². The molecule has 1 atom stereocenters. The predicted octanol–water partition coefficient (Wildman–Crippen LogP) is 3.63. The van der Waals surface area contributed by atoms with E-state index in [2.05, 4.69) is 23.5 Å². The third-order valence-electron chi connectivity index (χ3n) is 4.27. The molecule has 110 valence electrons. The number of fused-ring (bicyclic) bond motifs is 1. The monoisotopic (exact) mass is 285 g/mol. The Bertz CT molecular complexity index is 654. The molecular weight excluding hydrogens is 265 g/mol. The minimum Gasteiger partial charge on any atom is -0.496 e. The average Bonchev–Trinajstić information content (AvgIpc) is 2.97. The number of hydrogen-bond acceptors (Lipinski definition) is 2. The molecule has 0 aliphatic heterocycles. The first-order valence-corrected chi connectivity index (χ1v) is 7.36. The van der Waals surface area contributed by atoms with Crippen LogP contribution in [0.4, 0.5) is 4.39 Å². The number of aryl methyl sites for hydroxylation is 2. The highest BCUT2D eigenvalue weighted by Crippen LogP contribution is 2.34. The van der Waals surface area contributed by atoms with Crippen LogP contribution in [0.3, 0.4) is 0 Å². The first-order valence-electron chi connectivity index (χ1n) is 7.36. The van der Waals surface area contributed by atoms with Gasteiger partial charge in [-0.15, -0.1) is 0 Å². The summed E-state index contributed by atoms with van der Waals surface area (Å²) in [5.41, 5.74) is 4.47. The van der Waals surface area contributed by atoms with Crippen LogP contribution in [0.1, 0.15) is 34.7 Å². The van der Waals surface area contributed by atoms with Gasteiger partial charge in [-0.1, -0.05) is 24.3 Å². The van der Waals surface area contributed by atoms with Gasteiger partial charge in [0.2, 0.25) is 0 Å². The largest absolute Gasteiger partial charge is 0.496 e. The van der Waals surface area contributed by atoms with Crippen molar-refractivity contribution in [3.05, 3.63) is 64.5 Å². The highest BCUT2D eigenvalue weighted by Gasteiger charge is 2.22. The van der Waals surface area contributed by atoms with Crippen molar-refractivity contribution in [3.8, 4) is 5.75 Å². The number of nitrogens with one attached hydrogen (secondary N) is 1. The fourth-order valence-corrected chi connectivity index (χ4v) is 3.22. The number of rotatable bonds is 4. The van der Waals surface area contributed by atoms with E-state index in [4.69, 9.17) is 4.74 Å². The third-order valence-corrected chi connectivity index (χ3v) is 4.27. The van der Waals surface area contributed by atoms with Crippen LogP contribution in [0.2, 0.25) is 0 Å². The molecule has 3 rings (SSSR count). The Kier molecular flexibility index (Phi) is 3.93. The molecule has 0 spiro atoms. The minimum atomic E-state index is -0.241. The quantitative estimate of drug-likeness (QED) is 0.926. The molecule has 0 radical (unpaired) electrons. The van der Waals surface area contributed by atoms with Crippen molar-refractivity contribution >= 4 is 0 Å². The zero-order valence-electron chi connectivity index (χ0n) is 12.4. The van der Waals surface area contributed by atoms with Crippen molar-refractivity contribution in [3.63, 3.8) is 0 Å². The van der Waals surface area contributed by atoms with Gasteiger partial charge in [-0.2, -0.15) is 0 Å². The Hall–Kier alpha value is -1.87. The molecule has 0 bridgehead atoms. The van der Waals surface area contributed by atoms with Gasteiger partial charge in [-0.3, -0.25) is 0 Å². The Balaban J connectivity index is 2.07. The van der Waals surface area contributed by atoms with E-state index in [1.165, 1.54) is 23.6 Å². The molecule has 1 aliphatic rings. The summed E-state index contributed by atoms with van der Waals surface area (Å²) < 4.78 is 19.7. The highest BCUT2D eigenvalue weighted by atomic mass is 19.1. The summed E-state index contributed by atoms with van der Waals surface area (Å²) in [6.07, 6.45) is 3.49. The van der Waals surface area contributed by atoms with Gasteiger partial charge in [0.1, 0.15) is 11.6 Å². The number of halogens is 1. The first kappa shape index (κ1) is 14.1. The van der Waals surface area contributed by atoms with Crippen molar-refractivity contribution in [1.29, 1.82) is 0 Å². The average molecular weight is 285 g/mol. The van der Waals surface area contributed by atoms with Crippen LogP contribution in [0.5, 0.6) is 5.75 Å². The topological polar surface area (TPSA) is 21.3 Å². The van der Waals surface area contributed by atoms with Crippen LogP contribution in [0.15, 0.2) is 36.4 Å². The molecule has 2 aromatic carbocycles. The van der Waals surface area contributed by atoms with Gasteiger partial charge in [0.25, 0.3) is 0 Å². The molecule has 21 heavy (non-hydrogen) atoms. The first-order chi connectivity index (χ1) is 10.2. The molecule has 2 nitrogen and oxygen atoms in total. The summed E-state index contributed by atoms with van der Waals surface area (Å²) in [4.78, 5) is 0. The van der Waals surface area contributed by atoms with Gasteiger partial charge >= 0.3 is 0 Å². The lowest BCUT2D eigenvalue weighted by Crippen LogP contribution is -2.20. The van der Waals surface area contributed by atoms with Crippen molar-refractivity contribution in [1.82, 2.24) is 5.32 Å². The van der Waals surface area contributed by atoms with Gasteiger partial charge in [0.15, 0.2) is 0 Å². The minimum absolute atomic E-state index is 0.202. The molecular formula is C18H20FNO. The summed E-state index contributed by atoms with van der Waals surface area (Å²) in [6.45, 7) is 0. The summed E-state index contributed by atoms with van der Waals surface area (Å²) in [5.74, 6) is 0.337. The second kappa shape index (κ2) is 5.86. The summed E-state index contributed by atoms with van der Waals surface area (Å²) in [5, 5.41) is 3.22. The van der Waals surface area contributed by atoms with E-state index >= 15 is 0 Å². The second-order valence-electron chi connectivity index (χ2n) is 5.46. The van der Waals surface area contributed by atoms with Crippen molar-refractivity contribution in [2.75, 3.05) is 14.2 Å². The maximum atomic E-state index is 14.3. The molecule has 0 saturated carbocycles. The zero-order valence-corrected chi connectivity index (χ0v) is 12.4. The van der Waals surface area contributed by atoms with Crippen molar-refractivity contribution < 1.29 is 9.13 Å². The van der Waals surface area contributed by atoms with Gasteiger partial charge in [0, 0.05) is 0 Å². The fourth-order valence-electron chi connectivity index (χ4n) is 3.22. The molecule has 0 amide bonds. The van der Waals surface area contributed by atoms with Gasteiger partial charge in [0.05, 0.1) is 18.7 Å². The van der Waals surface area contributed by atoms with E-state index in [0.29, 0.717) is 11.3 Å². The van der Waals surface area contributed by atoms with Crippen LogP contribution in [-0.2, 0) is 12.8 Å². The predicted molar refractivity (Wildman–Crippen MR) is 82.3 cm³/mol. The molecule has 2 aromatic rings. The number of benzene rings is 2. The summed E-state index contributed by atoms with van der Waals surface area (Å²) in [6, 6.07) is 11.2. The zero-order chi connectivity index (χ0) is 14.8. The SMILES string of the molecule is CNC(c1ccc2c(c1)CCC2)c1c(F)cccc1OC. The number of methoxy groups -OCH3 is 1. The lowest BCUT2D eigenvalue weighted by atomic mass is 9.94. The van der Waals surface area contributed by atoms with Gasteiger partial charge in [-0.25, -0.2) is 4.39 Å². The Morgan fingerprint density at radius 3 is 2.71 bits per heavy atom. The number of ether oxygens (including phenoxy) is 1. The van der Waals surface area contributed by atoms with Crippen LogP contribution >= 0.6 is 0 Å². The fraction of sp³-hybridized carbons (Fsp3) is 0.333. The van der Waals surface area contributed by atoms with E-state index in [1.54, 1.807) is 19.2 Å². The van der Waals surface area contributed by atoms with Crippen LogP contribution in [-0.4, -0.2) is 14.2 Å².